The average Bonchev–Trinajstić information content (AvgIpc) is 3.06. The van der Waals surface area contributed by atoms with E-state index in [0.717, 1.165) is 6.42 Å². The molecule has 0 saturated carbocycles. The highest BCUT2D eigenvalue weighted by Gasteiger charge is 2.25. The molecule has 0 saturated heterocycles. The Morgan fingerprint density at radius 1 is 0.547 bits per heavy atom. The van der Waals surface area contributed by atoms with Crippen molar-refractivity contribution in [1.82, 2.24) is 20.9 Å². The van der Waals surface area contributed by atoms with Gasteiger partial charge in [-0.3, -0.25) is 48.1 Å². The Hall–Kier alpha value is -3.73. The molecule has 0 aliphatic heterocycles. The zero-order chi connectivity index (χ0) is 39.9. The fourth-order valence-corrected chi connectivity index (χ4v) is 4.96. The van der Waals surface area contributed by atoms with Crippen molar-refractivity contribution in [1.29, 1.82) is 0 Å². The predicted molar refractivity (Wildman–Crippen MR) is 195 cm³/mol. The lowest BCUT2D eigenvalue weighted by atomic mass is 10.1. The Labute approximate surface area is 313 Å². The molecule has 0 radical (unpaired) electrons. The lowest BCUT2D eigenvalue weighted by molar-refractivity contribution is -0.133. The number of carbonyl (C=O) groups is 9. The van der Waals surface area contributed by atoms with Crippen LogP contribution in [0.4, 0.5) is 0 Å². The molecule has 1 atom stereocenters. The van der Waals surface area contributed by atoms with Crippen LogP contribution >= 0.6 is 0 Å². The van der Waals surface area contributed by atoms with Crippen molar-refractivity contribution in [2.45, 2.75) is 111 Å². The maximum atomic E-state index is 13.2. The fraction of sp³-hybridized carbons (Fsp3) is 0.757. The molecule has 0 fully saturated rings. The van der Waals surface area contributed by atoms with Crippen molar-refractivity contribution in [3.8, 4) is 0 Å². The predicted octanol–water partition coefficient (Wildman–Crippen LogP) is 1.23. The second kappa shape index (κ2) is 31.8. The summed E-state index contributed by atoms with van der Waals surface area (Å²) in [4.78, 5) is 111. The lowest BCUT2D eigenvalue weighted by Gasteiger charge is -2.23. The number of rotatable bonds is 36. The molecule has 0 bridgehead atoms. The number of carbonyl (C=O) groups excluding carboxylic acids is 9. The Morgan fingerprint density at radius 2 is 1.00 bits per heavy atom. The van der Waals surface area contributed by atoms with Gasteiger partial charge in [0.1, 0.15) is 40.7 Å². The first-order chi connectivity index (χ1) is 25.3. The van der Waals surface area contributed by atoms with E-state index < -0.39 is 23.8 Å². The number of ether oxygens (including phenoxy) is 3. The number of likely N-dealkylation sites (N-methyl/N-ethyl adjacent to an activating group) is 1. The molecule has 16 nitrogen and oxygen atoms in total. The summed E-state index contributed by atoms with van der Waals surface area (Å²) in [5.41, 5.74) is 0. The monoisotopic (exact) mass is 754 g/mol. The van der Waals surface area contributed by atoms with Gasteiger partial charge in [0.15, 0.2) is 0 Å². The van der Waals surface area contributed by atoms with Crippen molar-refractivity contribution in [2.75, 3.05) is 72.4 Å². The van der Waals surface area contributed by atoms with Gasteiger partial charge >= 0.3 is 0 Å². The Balaban J connectivity index is 5.14. The van der Waals surface area contributed by atoms with Crippen LogP contribution in [0, 0.1) is 0 Å². The quantitative estimate of drug-likeness (QED) is 0.0606. The van der Waals surface area contributed by atoms with Crippen LogP contribution in [0.3, 0.4) is 0 Å². The molecule has 0 aromatic rings. The summed E-state index contributed by atoms with van der Waals surface area (Å²) in [6.45, 7) is 8.07. The highest BCUT2D eigenvalue weighted by molar-refractivity contribution is 5.98. The molecule has 0 rings (SSSR count). The summed E-state index contributed by atoms with van der Waals surface area (Å²) in [5.74, 6) is -2.80. The molecule has 53 heavy (non-hydrogen) atoms. The summed E-state index contributed by atoms with van der Waals surface area (Å²) in [7, 11) is 0. The zero-order valence-electron chi connectivity index (χ0n) is 32.2. The Bertz CT molecular complexity index is 1120. The molecule has 3 amide bonds. The number of Topliss-reactive ketones (excluding diaryl/α,β-unsaturated/α-hetero) is 6. The number of amides is 3. The first kappa shape index (κ1) is 49.3. The highest BCUT2D eigenvalue weighted by Crippen LogP contribution is 2.04. The number of nitrogens with zero attached hydrogens (tertiary/aromatic N) is 1. The maximum Gasteiger partial charge on any atom is 0.243 e. The first-order valence-corrected chi connectivity index (χ1v) is 18.6. The van der Waals surface area contributed by atoms with Gasteiger partial charge in [0, 0.05) is 71.8 Å². The van der Waals surface area contributed by atoms with Gasteiger partial charge in [-0.2, -0.15) is 0 Å². The number of ketones is 6. The van der Waals surface area contributed by atoms with Crippen molar-refractivity contribution >= 4 is 52.4 Å². The molecule has 0 heterocycles. The van der Waals surface area contributed by atoms with Crippen LogP contribution in [0.1, 0.15) is 105 Å². The van der Waals surface area contributed by atoms with Gasteiger partial charge in [0.05, 0.1) is 45.5 Å². The summed E-state index contributed by atoms with van der Waals surface area (Å²) in [6.07, 6.45) is 2.70. The van der Waals surface area contributed by atoms with E-state index in [0.29, 0.717) is 52.1 Å². The van der Waals surface area contributed by atoms with Gasteiger partial charge in [0.25, 0.3) is 0 Å². The van der Waals surface area contributed by atoms with Gasteiger partial charge in [-0.1, -0.05) is 6.92 Å². The summed E-state index contributed by atoms with van der Waals surface area (Å²) >= 11 is 0. The first-order valence-electron chi connectivity index (χ1n) is 18.6. The molecular formula is C37H62N4O12. The van der Waals surface area contributed by atoms with Crippen LogP contribution in [-0.2, 0) is 57.4 Å². The van der Waals surface area contributed by atoms with Gasteiger partial charge < -0.3 is 30.2 Å². The minimum absolute atomic E-state index is 0.0938. The minimum atomic E-state index is -1.18. The van der Waals surface area contributed by atoms with E-state index in [9.17, 15) is 43.2 Å². The van der Waals surface area contributed by atoms with Crippen LogP contribution < -0.4 is 16.0 Å². The van der Waals surface area contributed by atoms with E-state index in [-0.39, 0.29) is 126 Å². The second-order valence-electron chi connectivity index (χ2n) is 12.9. The molecule has 0 aliphatic carbocycles. The van der Waals surface area contributed by atoms with Crippen LogP contribution in [0.15, 0.2) is 0 Å². The van der Waals surface area contributed by atoms with Crippen LogP contribution in [0.25, 0.3) is 0 Å². The van der Waals surface area contributed by atoms with Crippen LogP contribution in [-0.4, -0.2) is 136 Å². The molecule has 1 unspecified atom stereocenters. The zero-order valence-corrected chi connectivity index (χ0v) is 32.2. The molecule has 0 aromatic carbocycles. The second-order valence-corrected chi connectivity index (χ2v) is 12.9. The molecule has 0 spiro atoms. The fourth-order valence-electron chi connectivity index (χ4n) is 4.96. The molecule has 0 aliphatic rings. The van der Waals surface area contributed by atoms with Crippen molar-refractivity contribution in [3.05, 3.63) is 0 Å². The van der Waals surface area contributed by atoms with Gasteiger partial charge in [-0.15, -0.1) is 0 Å². The lowest BCUT2D eigenvalue weighted by Crippen LogP contribution is -2.52. The molecule has 16 heteroatoms. The maximum absolute atomic E-state index is 13.2. The average molecular weight is 755 g/mol. The van der Waals surface area contributed by atoms with E-state index in [1.807, 2.05) is 6.92 Å². The minimum Gasteiger partial charge on any atom is -0.381 e. The van der Waals surface area contributed by atoms with E-state index in [4.69, 9.17) is 14.2 Å². The number of hydrogen-bond donors (Lipinski definition) is 3. The Kier molecular flexibility index (Phi) is 29.5. The van der Waals surface area contributed by atoms with Gasteiger partial charge in [-0.05, 0) is 52.9 Å². The highest BCUT2D eigenvalue weighted by atomic mass is 16.5. The molecule has 0 aromatic heterocycles. The smallest absolute Gasteiger partial charge is 0.243 e. The normalized spacial score (nSPS) is 11.5. The van der Waals surface area contributed by atoms with Crippen molar-refractivity contribution < 1.29 is 57.4 Å². The number of hydrogen-bond acceptors (Lipinski definition) is 13. The van der Waals surface area contributed by atoms with Crippen LogP contribution in [0.2, 0.25) is 0 Å². The third kappa shape index (κ3) is 30.4. The van der Waals surface area contributed by atoms with E-state index in [2.05, 4.69) is 16.0 Å². The van der Waals surface area contributed by atoms with Crippen molar-refractivity contribution in [3.63, 3.8) is 0 Å². The third-order valence-electron chi connectivity index (χ3n) is 7.35. The van der Waals surface area contributed by atoms with Crippen LogP contribution in [0.5, 0.6) is 0 Å². The number of nitrogens with one attached hydrogen (secondary N) is 3. The van der Waals surface area contributed by atoms with Gasteiger partial charge in [0.2, 0.25) is 17.7 Å². The largest absolute Gasteiger partial charge is 0.381 e. The summed E-state index contributed by atoms with van der Waals surface area (Å²) in [6, 6.07) is -1.18. The SMILES string of the molecule is CCCOCCNC(=O)CC(NC(=O)CN(CC(=O)CCCOCCCC(=O)CC(C)=O)CC(=O)CCCOCCCC(=O)CC(C)=O)C(=O)NCC. The standard InChI is InChI=1S/C37H62N4O12/c1-5-16-51-21-15-39-35(48)24-34(37(50)38-6-2)40-36(49)27-41(25-32(46)13-9-19-52-17-7-11-30(44)22-28(3)42)26-33(47)14-10-20-53-18-8-12-31(45)23-29(4)43/h34H,5-27H2,1-4H3,(H,38,50)(H,39,48)(H,40,49). The third-order valence-corrected chi connectivity index (χ3v) is 7.35. The summed E-state index contributed by atoms with van der Waals surface area (Å²) in [5, 5.41) is 7.83. The molecule has 302 valence electrons. The van der Waals surface area contributed by atoms with E-state index in [1.54, 1.807) is 6.92 Å². The van der Waals surface area contributed by atoms with Crippen molar-refractivity contribution in [2.24, 2.45) is 0 Å². The molecule has 3 N–H and O–H groups in total. The topological polar surface area (TPSA) is 221 Å². The van der Waals surface area contributed by atoms with E-state index in [1.165, 1.54) is 18.7 Å². The van der Waals surface area contributed by atoms with E-state index >= 15 is 0 Å². The summed E-state index contributed by atoms with van der Waals surface area (Å²) < 4.78 is 16.3. The Morgan fingerprint density at radius 3 is 1.43 bits per heavy atom. The molecular weight excluding hydrogens is 692 g/mol. The van der Waals surface area contributed by atoms with Gasteiger partial charge in [-0.25, -0.2) is 0 Å².